The van der Waals surface area contributed by atoms with Crippen molar-refractivity contribution in [2.45, 2.75) is 38.5 Å². The van der Waals surface area contributed by atoms with Gasteiger partial charge in [-0.05, 0) is 135 Å². The van der Waals surface area contributed by atoms with Gasteiger partial charge in [-0.2, -0.15) is 0 Å². The van der Waals surface area contributed by atoms with E-state index in [9.17, 15) is 0 Å². The molecule has 2 heterocycles. The maximum absolute atomic E-state index is 7.30. The summed E-state index contributed by atoms with van der Waals surface area (Å²) >= 11 is 0. The molecular formula is C68H50N2O2. The molecule has 2 aromatic heterocycles. The quantitative estimate of drug-likeness (QED) is 0.152. The first-order valence-electron chi connectivity index (χ1n) is 25.0. The highest BCUT2D eigenvalue weighted by Crippen LogP contribution is 2.66. The normalized spacial score (nSPS) is 14.3. The first-order chi connectivity index (χ1) is 35.2. The van der Waals surface area contributed by atoms with Gasteiger partial charge in [-0.25, -0.2) is 0 Å². The molecule has 2 aliphatic rings. The van der Waals surface area contributed by atoms with Crippen molar-refractivity contribution in [2.75, 3.05) is 9.80 Å². The van der Waals surface area contributed by atoms with E-state index in [2.05, 4.69) is 268 Å². The minimum Gasteiger partial charge on any atom is -0.456 e. The van der Waals surface area contributed by atoms with Crippen molar-refractivity contribution < 1.29 is 8.83 Å². The first kappa shape index (κ1) is 42.1. The maximum Gasteiger partial charge on any atom is 0.160 e. The summed E-state index contributed by atoms with van der Waals surface area (Å²) in [5.74, 6) is 0. The van der Waals surface area contributed by atoms with Crippen LogP contribution in [0.2, 0.25) is 0 Å². The zero-order valence-corrected chi connectivity index (χ0v) is 40.7. The van der Waals surface area contributed by atoms with Crippen LogP contribution in [0.3, 0.4) is 0 Å². The van der Waals surface area contributed by atoms with E-state index in [1.165, 1.54) is 49.9 Å². The zero-order valence-electron chi connectivity index (χ0n) is 40.7. The molecule has 0 spiro atoms. The van der Waals surface area contributed by atoms with Crippen LogP contribution in [-0.2, 0) is 10.8 Å². The van der Waals surface area contributed by atoms with Gasteiger partial charge in [0, 0.05) is 60.8 Å². The lowest BCUT2D eigenvalue weighted by molar-refractivity contribution is 0.663. The van der Waals surface area contributed by atoms with Crippen molar-refractivity contribution in [3.8, 4) is 22.3 Å². The number of nitrogens with zero attached hydrogens (tertiary/aromatic N) is 2. The van der Waals surface area contributed by atoms with Crippen LogP contribution in [0.15, 0.2) is 239 Å². The van der Waals surface area contributed by atoms with Gasteiger partial charge in [0.05, 0.1) is 5.69 Å². The van der Waals surface area contributed by atoms with E-state index in [0.29, 0.717) is 0 Å². The lowest BCUT2D eigenvalue weighted by Crippen LogP contribution is -2.21. The van der Waals surface area contributed by atoms with E-state index >= 15 is 0 Å². The average Bonchev–Trinajstić information content (AvgIpc) is 4.13. The Balaban J connectivity index is 1.03. The van der Waals surface area contributed by atoms with Gasteiger partial charge in [0.15, 0.2) is 5.58 Å². The Hall–Kier alpha value is -8.86. The van der Waals surface area contributed by atoms with Gasteiger partial charge in [-0.1, -0.05) is 179 Å². The van der Waals surface area contributed by atoms with Gasteiger partial charge in [-0.3, -0.25) is 0 Å². The molecule has 0 atom stereocenters. The minimum absolute atomic E-state index is 0.357. The summed E-state index contributed by atoms with van der Waals surface area (Å²) in [7, 11) is 0. The zero-order chi connectivity index (χ0) is 48.3. The molecule has 12 aromatic rings. The molecule has 0 fully saturated rings. The average molecular weight is 927 g/mol. The fraction of sp³-hybridized carbons (Fsp3) is 0.0882. The third-order valence-electron chi connectivity index (χ3n) is 15.5. The number of hydrogen-bond donors (Lipinski definition) is 0. The SMILES string of the molecule is CC1(C)C2=C(c3c1cc(N(c1ccccc1)c1cc(-c4ccccc4)cc(N(c4ccccc4)c4ccc(-c5ccccc5)cc4)c1)c1oc4ccccc4c31)C(C)(C)c1c2ccc2oc3ccccc3c12. The van der Waals surface area contributed by atoms with Gasteiger partial charge in [0.2, 0.25) is 0 Å². The van der Waals surface area contributed by atoms with E-state index < -0.39 is 0 Å². The number of para-hydroxylation sites is 4. The molecule has 0 unspecified atom stereocenters. The van der Waals surface area contributed by atoms with Crippen molar-refractivity contribution in [2.24, 2.45) is 0 Å². The monoisotopic (exact) mass is 926 g/mol. The molecule has 10 aromatic carbocycles. The summed E-state index contributed by atoms with van der Waals surface area (Å²) in [5, 5.41) is 4.64. The molecule has 72 heavy (non-hydrogen) atoms. The predicted molar refractivity (Wildman–Crippen MR) is 301 cm³/mol. The molecule has 2 aliphatic carbocycles. The summed E-state index contributed by atoms with van der Waals surface area (Å²) in [6, 6.07) is 82.9. The van der Waals surface area contributed by atoms with Crippen LogP contribution in [0.1, 0.15) is 49.9 Å². The summed E-state index contributed by atoms with van der Waals surface area (Å²) in [6.45, 7) is 9.69. The smallest absolute Gasteiger partial charge is 0.160 e. The molecule has 0 saturated heterocycles. The van der Waals surface area contributed by atoms with E-state index in [4.69, 9.17) is 8.83 Å². The Labute approximate surface area is 419 Å². The topological polar surface area (TPSA) is 32.8 Å². The second-order valence-corrected chi connectivity index (χ2v) is 20.4. The van der Waals surface area contributed by atoms with Crippen molar-refractivity contribution in [3.63, 3.8) is 0 Å². The highest BCUT2D eigenvalue weighted by atomic mass is 16.3. The highest BCUT2D eigenvalue weighted by Gasteiger charge is 2.52. The Morgan fingerprint density at radius 2 is 0.847 bits per heavy atom. The van der Waals surface area contributed by atoms with Crippen LogP contribution in [-0.4, -0.2) is 0 Å². The molecule has 0 amide bonds. The molecular weight excluding hydrogens is 877 g/mol. The van der Waals surface area contributed by atoms with E-state index in [1.54, 1.807) is 0 Å². The molecule has 0 radical (unpaired) electrons. The van der Waals surface area contributed by atoms with Gasteiger partial charge in [-0.15, -0.1) is 0 Å². The van der Waals surface area contributed by atoms with Crippen LogP contribution in [0.5, 0.6) is 0 Å². The van der Waals surface area contributed by atoms with Gasteiger partial charge in [0.1, 0.15) is 16.7 Å². The number of allylic oxidation sites excluding steroid dienone is 2. The number of hydrogen-bond acceptors (Lipinski definition) is 4. The Kier molecular flexibility index (Phi) is 9.25. The number of anilines is 6. The van der Waals surface area contributed by atoms with E-state index in [0.717, 1.165) is 83.7 Å². The standard InChI is InChI=1S/C68H50N2O2/c1-67(2)55-42-56(66-61(53-30-18-20-32-58(53)72-66)62(55)65-64(67)54-37-38-59-60(63(54)68(65,3)4)52-29-17-19-31-57(52)71-59)70(48-27-15-8-16-28-48)51-40-46(44-23-11-6-12-24-44)39-50(41-51)69(47-25-13-7-14-26-47)49-35-33-45(34-36-49)43-21-9-5-10-22-43/h5-42H,1-4H3. The largest absolute Gasteiger partial charge is 0.456 e. The summed E-state index contributed by atoms with van der Waals surface area (Å²) in [5.41, 5.74) is 21.6. The number of rotatable bonds is 8. The lowest BCUT2D eigenvalue weighted by atomic mass is 9.73. The summed E-state index contributed by atoms with van der Waals surface area (Å²) in [6.07, 6.45) is 0. The molecule has 0 saturated carbocycles. The number of benzene rings is 10. The van der Waals surface area contributed by atoms with Crippen LogP contribution in [0.4, 0.5) is 34.1 Å². The van der Waals surface area contributed by atoms with Gasteiger partial charge in [0.25, 0.3) is 0 Å². The van der Waals surface area contributed by atoms with Crippen LogP contribution in [0.25, 0.3) is 77.3 Å². The molecule has 344 valence electrons. The van der Waals surface area contributed by atoms with Crippen molar-refractivity contribution in [3.05, 3.63) is 253 Å². The third-order valence-corrected chi connectivity index (χ3v) is 15.5. The van der Waals surface area contributed by atoms with Crippen LogP contribution < -0.4 is 9.80 Å². The highest BCUT2D eigenvalue weighted by molar-refractivity contribution is 6.24. The number of furan rings is 2. The fourth-order valence-corrected chi connectivity index (χ4v) is 12.4. The van der Waals surface area contributed by atoms with Crippen LogP contribution in [0, 0.1) is 0 Å². The molecule has 0 bridgehead atoms. The maximum atomic E-state index is 7.30. The minimum atomic E-state index is -0.378. The van der Waals surface area contributed by atoms with Gasteiger partial charge < -0.3 is 18.6 Å². The van der Waals surface area contributed by atoms with E-state index in [-0.39, 0.29) is 10.8 Å². The predicted octanol–water partition coefficient (Wildman–Crippen LogP) is 19.3. The van der Waals surface area contributed by atoms with Crippen molar-refractivity contribution in [1.82, 2.24) is 0 Å². The third kappa shape index (κ3) is 6.25. The Bertz CT molecular complexity index is 4130. The van der Waals surface area contributed by atoms with Crippen molar-refractivity contribution in [1.29, 1.82) is 0 Å². The molecule has 4 nitrogen and oxygen atoms in total. The Morgan fingerprint density at radius 3 is 1.49 bits per heavy atom. The number of fused-ring (bicyclic) bond motifs is 12. The fourth-order valence-electron chi connectivity index (χ4n) is 12.4. The van der Waals surface area contributed by atoms with E-state index in [1.807, 2.05) is 0 Å². The Morgan fingerprint density at radius 1 is 0.347 bits per heavy atom. The molecule has 0 aliphatic heterocycles. The lowest BCUT2D eigenvalue weighted by Gasteiger charge is -2.32. The van der Waals surface area contributed by atoms with Crippen LogP contribution >= 0.6 is 0 Å². The molecule has 4 heteroatoms. The molecule has 0 N–H and O–H groups in total. The second-order valence-electron chi connectivity index (χ2n) is 20.4. The van der Waals surface area contributed by atoms with Crippen molar-refractivity contribution >= 4 is 89.1 Å². The molecule has 14 rings (SSSR count). The summed E-state index contributed by atoms with van der Waals surface area (Å²) < 4.78 is 13.8. The summed E-state index contributed by atoms with van der Waals surface area (Å²) in [4.78, 5) is 4.81. The van der Waals surface area contributed by atoms with Gasteiger partial charge >= 0.3 is 0 Å². The first-order valence-corrected chi connectivity index (χ1v) is 25.0. The second kappa shape index (κ2) is 15.8.